The predicted molar refractivity (Wildman–Crippen MR) is 104 cm³/mol. The highest BCUT2D eigenvalue weighted by molar-refractivity contribution is 6.35. The van der Waals surface area contributed by atoms with E-state index >= 15 is 4.39 Å². The van der Waals surface area contributed by atoms with Crippen LogP contribution < -0.4 is 5.32 Å². The van der Waals surface area contributed by atoms with Gasteiger partial charge in [-0.05, 0) is 24.3 Å². The van der Waals surface area contributed by atoms with Gasteiger partial charge in [-0.15, -0.1) is 0 Å². The van der Waals surface area contributed by atoms with Crippen LogP contribution in [-0.2, 0) is 4.79 Å². The van der Waals surface area contributed by atoms with Gasteiger partial charge in [-0.25, -0.2) is 9.37 Å². The van der Waals surface area contributed by atoms with Crippen molar-refractivity contribution in [2.75, 3.05) is 5.32 Å². The van der Waals surface area contributed by atoms with Crippen LogP contribution >= 0.6 is 11.6 Å². The number of imidazole rings is 1. The zero-order chi connectivity index (χ0) is 19.3. The molecule has 4 heterocycles. The number of H-pyrrole nitrogens is 1. The highest BCUT2D eigenvalue weighted by Crippen LogP contribution is 2.40. The monoisotopic (exact) mass is 394 g/mol. The minimum Gasteiger partial charge on any atom is -0.319 e. The van der Waals surface area contributed by atoms with Crippen LogP contribution in [0.4, 0.5) is 10.2 Å². The van der Waals surface area contributed by atoms with Crippen LogP contribution in [0.2, 0.25) is 5.02 Å². The summed E-state index contributed by atoms with van der Waals surface area (Å²) >= 11 is 6.48. The molecule has 0 bridgehead atoms. The lowest BCUT2D eigenvalue weighted by Crippen LogP contribution is -1.99. The van der Waals surface area contributed by atoms with Crippen molar-refractivity contribution in [3.63, 3.8) is 0 Å². The molecule has 4 aromatic heterocycles. The van der Waals surface area contributed by atoms with Crippen molar-refractivity contribution in [3.05, 3.63) is 66.1 Å². The van der Waals surface area contributed by atoms with Crippen LogP contribution in [0.3, 0.4) is 0 Å². The summed E-state index contributed by atoms with van der Waals surface area (Å²) in [7, 11) is 0. The number of fused-ring (bicyclic) bond motifs is 2. The molecule has 0 atom stereocenters. The molecule has 5 aromatic rings. The fourth-order valence-electron chi connectivity index (χ4n) is 3.38. The molecule has 0 aliphatic carbocycles. The van der Waals surface area contributed by atoms with Gasteiger partial charge in [0.05, 0.1) is 22.9 Å². The molecule has 5 rings (SSSR count). The van der Waals surface area contributed by atoms with Crippen LogP contribution in [0.25, 0.3) is 33.4 Å². The van der Waals surface area contributed by atoms with Gasteiger partial charge in [0.1, 0.15) is 11.3 Å². The molecular formula is C19H12ClFN6O. The molecule has 0 saturated heterocycles. The van der Waals surface area contributed by atoms with Crippen molar-refractivity contribution < 1.29 is 9.18 Å². The van der Waals surface area contributed by atoms with Crippen LogP contribution in [-0.4, -0.2) is 30.6 Å². The quantitative estimate of drug-likeness (QED) is 0.452. The zero-order valence-electron chi connectivity index (χ0n) is 14.2. The van der Waals surface area contributed by atoms with E-state index in [2.05, 4.69) is 20.5 Å². The molecular weight excluding hydrogens is 383 g/mol. The smallest absolute Gasteiger partial charge is 0.212 e. The summed E-state index contributed by atoms with van der Waals surface area (Å²) in [5.74, 6) is -0.125. The normalized spacial score (nSPS) is 11.4. The molecule has 138 valence electrons. The average molecular weight is 395 g/mol. The zero-order valence-corrected chi connectivity index (χ0v) is 15.0. The van der Waals surface area contributed by atoms with Crippen molar-refractivity contribution in [2.45, 2.75) is 0 Å². The molecule has 0 spiro atoms. The number of rotatable bonds is 4. The Balaban J connectivity index is 1.77. The summed E-state index contributed by atoms with van der Waals surface area (Å²) in [6.07, 6.45) is 9.12. The van der Waals surface area contributed by atoms with E-state index in [1.54, 1.807) is 64.2 Å². The number of halogens is 2. The first-order valence-electron chi connectivity index (χ1n) is 8.34. The summed E-state index contributed by atoms with van der Waals surface area (Å²) in [5, 5.41) is 10.2. The molecule has 0 unspecified atom stereocenters. The van der Waals surface area contributed by atoms with Crippen LogP contribution in [0.1, 0.15) is 0 Å². The van der Waals surface area contributed by atoms with Crippen LogP contribution in [0.5, 0.6) is 0 Å². The number of aromatic nitrogens is 5. The molecule has 7 nitrogen and oxygen atoms in total. The van der Waals surface area contributed by atoms with E-state index in [4.69, 9.17) is 11.6 Å². The number of hydrogen-bond acceptors (Lipinski definition) is 3. The van der Waals surface area contributed by atoms with Gasteiger partial charge in [-0.3, -0.25) is 9.89 Å². The number of nitrogens with one attached hydrogen (secondary N) is 2. The second-order valence-electron chi connectivity index (χ2n) is 6.17. The Hall–Kier alpha value is -3.65. The number of benzene rings is 1. The predicted octanol–water partition coefficient (Wildman–Crippen LogP) is 4.03. The maximum absolute atomic E-state index is 15.3. The third kappa shape index (κ3) is 2.39. The molecule has 0 radical (unpaired) electrons. The minimum absolute atomic E-state index is 0.00306. The number of hydrogen-bond donors (Lipinski definition) is 2. The standard InChI is InChI=1S/C19H12ClFN6O/c20-16-15(11-3-4-14-24-13(22-10-28)9-27(14)8-11)12-7-23-25-18(12)19(17(16)21)26-5-1-2-6-26/h1-10H,(H,22,28)(H,23,25). The van der Waals surface area contributed by atoms with Crippen molar-refractivity contribution in [3.8, 4) is 16.8 Å². The van der Waals surface area contributed by atoms with Gasteiger partial charge in [0.2, 0.25) is 6.41 Å². The van der Waals surface area contributed by atoms with Crippen molar-refractivity contribution in [2.24, 2.45) is 0 Å². The fraction of sp³-hybridized carbons (Fsp3) is 0. The average Bonchev–Trinajstić information content (AvgIpc) is 3.43. The third-order valence-electron chi connectivity index (χ3n) is 4.57. The highest BCUT2D eigenvalue weighted by Gasteiger charge is 2.22. The SMILES string of the molecule is O=CNc1cn2cc(-c3c(Cl)c(F)c(-n4cccc4)c4[nH]ncc34)ccc2n1. The van der Waals surface area contributed by atoms with E-state index in [-0.39, 0.29) is 5.02 Å². The van der Waals surface area contributed by atoms with Gasteiger partial charge >= 0.3 is 0 Å². The van der Waals surface area contributed by atoms with E-state index in [9.17, 15) is 4.79 Å². The van der Waals surface area contributed by atoms with Crippen LogP contribution in [0, 0.1) is 5.82 Å². The Labute approximate surface area is 162 Å². The molecule has 1 aromatic carbocycles. The Morgan fingerprint density at radius 1 is 1.21 bits per heavy atom. The lowest BCUT2D eigenvalue weighted by atomic mass is 10.0. The number of amides is 1. The second kappa shape index (κ2) is 6.21. The maximum atomic E-state index is 15.3. The molecule has 2 N–H and O–H groups in total. The van der Waals surface area contributed by atoms with Crippen molar-refractivity contribution in [1.82, 2.24) is 24.1 Å². The molecule has 28 heavy (non-hydrogen) atoms. The first kappa shape index (κ1) is 16.5. The summed E-state index contributed by atoms with van der Waals surface area (Å²) in [5.41, 5.74) is 2.71. The minimum atomic E-state index is -0.543. The Kier molecular flexibility index (Phi) is 3.66. The molecule has 9 heteroatoms. The number of pyridine rings is 1. The lowest BCUT2D eigenvalue weighted by Gasteiger charge is -2.13. The van der Waals surface area contributed by atoms with Gasteiger partial charge in [0.25, 0.3) is 0 Å². The summed E-state index contributed by atoms with van der Waals surface area (Å²) < 4.78 is 18.7. The summed E-state index contributed by atoms with van der Waals surface area (Å²) in [6, 6.07) is 7.18. The largest absolute Gasteiger partial charge is 0.319 e. The topological polar surface area (TPSA) is 80.0 Å². The van der Waals surface area contributed by atoms with E-state index in [0.717, 1.165) is 0 Å². The molecule has 0 aliphatic heterocycles. The van der Waals surface area contributed by atoms with Crippen molar-refractivity contribution in [1.29, 1.82) is 0 Å². The van der Waals surface area contributed by atoms with E-state index in [1.807, 2.05) is 0 Å². The number of nitrogens with zero attached hydrogens (tertiary/aromatic N) is 4. The van der Waals surface area contributed by atoms with E-state index < -0.39 is 5.82 Å². The number of aromatic amines is 1. The van der Waals surface area contributed by atoms with Gasteiger partial charge in [0.15, 0.2) is 11.6 Å². The number of anilines is 1. The van der Waals surface area contributed by atoms with E-state index in [1.165, 1.54) is 0 Å². The van der Waals surface area contributed by atoms with E-state index in [0.29, 0.717) is 45.6 Å². The summed E-state index contributed by atoms with van der Waals surface area (Å²) in [6.45, 7) is 0. The first-order chi connectivity index (χ1) is 13.7. The fourth-order valence-corrected chi connectivity index (χ4v) is 3.68. The molecule has 1 amide bonds. The highest BCUT2D eigenvalue weighted by atomic mass is 35.5. The number of carbonyl (C=O) groups excluding carboxylic acids is 1. The number of carbonyl (C=O) groups is 1. The molecule has 0 fully saturated rings. The Morgan fingerprint density at radius 2 is 2.04 bits per heavy atom. The Morgan fingerprint density at radius 3 is 2.82 bits per heavy atom. The van der Waals surface area contributed by atoms with Crippen LogP contribution in [0.15, 0.2) is 55.2 Å². The second-order valence-corrected chi connectivity index (χ2v) is 6.55. The Bertz CT molecular complexity index is 1340. The van der Waals surface area contributed by atoms with Gasteiger partial charge in [-0.2, -0.15) is 5.10 Å². The third-order valence-corrected chi connectivity index (χ3v) is 4.93. The molecule has 0 saturated carbocycles. The first-order valence-corrected chi connectivity index (χ1v) is 8.72. The van der Waals surface area contributed by atoms with Crippen molar-refractivity contribution >= 4 is 40.4 Å². The summed E-state index contributed by atoms with van der Waals surface area (Å²) in [4.78, 5) is 14.9. The lowest BCUT2D eigenvalue weighted by molar-refractivity contribution is -0.105. The maximum Gasteiger partial charge on any atom is 0.212 e. The van der Waals surface area contributed by atoms with Gasteiger partial charge in [0, 0.05) is 35.1 Å². The van der Waals surface area contributed by atoms with Gasteiger partial charge < -0.3 is 14.3 Å². The van der Waals surface area contributed by atoms with Gasteiger partial charge in [-0.1, -0.05) is 11.6 Å². The molecule has 0 aliphatic rings.